The molecular weight excluding hydrogens is 983 g/mol. The third-order valence-electron chi connectivity index (χ3n) is 14.0. The highest BCUT2D eigenvalue weighted by Crippen LogP contribution is 2.37. The first kappa shape index (κ1) is 46.0. The Hall–Kier alpha value is -10.5. The first-order chi connectivity index (χ1) is 38.2. The Morgan fingerprint density at radius 2 is 0.692 bits per heavy atom. The van der Waals surface area contributed by atoms with E-state index in [-0.39, 0.29) is 11.6 Å². The second-order valence-electron chi connectivity index (χ2n) is 18.8. The summed E-state index contributed by atoms with van der Waals surface area (Å²) in [6, 6.07) is 63.1. The lowest BCUT2D eigenvalue weighted by Gasteiger charge is -2.12. The van der Waals surface area contributed by atoms with Crippen molar-refractivity contribution in [2.45, 2.75) is 0 Å². The largest absolute Gasteiger partial charge is 0.309 e. The molecule has 370 valence electrons. The van der Waals surface area contributed by atoms with Gasteiger partial charge in [-0.15, -0.1) is 0 Å². The van der Waals surface area contributed by atoms with Crippen molar-refractivity contribution in [3.63, 3.8) is 0 Å². The van der Waals surface area contributed by atoms with Crippen molar-refractivity contribution in [1.29, 1.82) is 0 Å². The van der Waals surface area contributed by atoms with Crippen molar-refractivity contribution in [1.82, 2.24) is 44.0 Å². The van der Waals surface area contributed by atoms with Crippen LogP contribution in [0.3, 0.4) is 0 Å². The zero-order valence-electron chi connectivity index (χ0n) is 40.9. The standard InChI is InChI=1S/C65H37F4N9/c66-44-18-27-58-50(32-44)51-33-45(67)19-28-59(51)77(58)48-22-13-39(14-23-48)56-36-57(73-62(72-56)40-6-2-1-3-7-40)54-26-17-43(37-71-54)38-9-11-41(12-10-38)63-74-64(76-65(75-63)55-8-4-5-31-70-55)42-15-24-49(25-16-42)78-60-29-20-46(68)34-52(60)53-35-47(69)21-30-61(53)78/h1-37H. The van der Waals surface area contributed by atoms with Gasteiger partial charge < -0.3 is 9.13 Å². The maximum absolute atomic E-state index is 14.5. The molecule has 0 amide bonds. The maximum Gasteiger partial charge on any atom is 0.182 e. The lowest BCUT2D eigenvalue weighted by Crippen LogP contribution is -2.01. The van der Waals surface area contributed by atoms with Gasteiger partial charge in [-0.1, -0.05) is 78.9 Å². The molecule has 0 saturated carbocycles. The summed E-state index contributed by atoms with van der Waals surface area (Å²) in [6.07, 6.45) is 3.52. The van der Waals surface area contributed by atoms with E-state index in [4.69, 9.17) is 29.9 Å². The number of halogens is 4. The van der Waals surface area contributed by atoms with E-state index in [2.05, 4.69) is 4.98 Å². The van der Waals surface area contributed by atoms with Gasteiger partial charge in [0.25, 0.3) is 0 Å². The summed E-state index contributed by atoms with van der Waals surface area (Å²) < 4.78 is 61.8. The molecule has 14 aromatic rings. The molecule has 0 radical (unpaired) electrons. The third kappa shape index (κ3) is 8.26. The minimum atomic E-state index is -0.397. The van der Waals surface area contributed by atoms with Crippen LogP contribution in [-0.4, -0.2) is 44.0 Å². The number of hydrogen-bond donors (Lipinski definition) is 0. The molecular formula is C65H37F4N9. The predicted molar refractivity (Wildman–Crippen MR) is 298 cm³/mol. The van der Waals surface area contributed by atoms with Crippen LogP contribution in [0.4, 0.5) is 17.6 Å². The van der Waals surface area contributed by atoms with Gasteiger partial charge in [-0.25, -0.2) is 42.5 Å². The Balaban J connectivity index is 0.768. The molecule has 0 N–H and O–H groups in total. The van der Waals surface area contributed by atoms with Crippen molar-refractivity contribution < 1.29 is 17.6 Å². The maximum atomic E-state index is 14.5. The summed E-state index contributed by atoms with van der Waals surface area (Å²) in [6.45, 7) is 0. The molecule has 6 aromatic heterocycles. The van der Waals surface area contributed by atoms with Crippen LogP contribution in [0.2, 0.25) is 0 Å². The molecule has 0 saturated heterocycles. The molecule has 0 atom stereocenters. The van der Waals surface area contributed by atoms with E-state index >= 15 is 0 Å². The van der Waals surface area contributed by atoms with Gasteiger partial charge in [0.15, 0.2) is 23.3 Å². The van der Waals surface area contributed by atoms with Gasteiger partial charge in [0, 0.05) is 73.1 Å². The summed E-state index contributed by atoms with van der Waals surface area (Å²) in [5, 5.41) is 2.49. The molecule has 6 heterocycles. The monoisotopic (exact) mass is 1020 g/mol. The summed E-state index contributed by atoms with van der Waals surface area (Å²) >= 11 is 0. The Labute approximate surface area is 442 Å². The van der Waals surface area contributed by atoms with Crippen molar-refractivity contribution in [2.75, 3.05) is 0 Å². The van der Waals surface area contributed by atoms with Crippen LogP contribution in [-0.2, 0) is 0 Å². The third-order valence-corrected chi connectivity index (χ3v) is 14.0. The van der Waals surface area contributed by atoms with E-state index in [9.17, 15) is 17.6 Å². The molecule has 0 bridgehead atoms. The lowest BCUT2D eigenvalue weighted by molar-refractivity contribution is 0.628. The van der Waals surface area contributed by atoms with E-state index in [1.54, 1.807) is 30.5 Å². The quantitative estimate of drug-likeness (QED) is 0.133. The van der Waals surface area contributed by atoms with E-state index in [1.165, 1.54) is 48.5 Å². The molecule has 8 aromatic carbocycles. The van der Waals surface area contributed by atoms with Gasteiger partial charge in [0.2, 0.25) is 0 Å². The number of fused-ring (bicyclic) bond motifs is 6. The number of pyridine rings is 2. The van der Waals surface area contributed by atoms with Crippen LogP contribution in [0, 0.1) is 23.3 Å². The van der Waals surface area contributed by atoms with Gasteiger partial charge in [0.1, 0.15) is 29.0 Å². The minimum Gasteiger partial charge on any atom is -0.309 e. The smallest absolute Gasteiger partial charge is 0.182 e. The highest BCUT2D eigenvalue weighted by molar-refractivity contribution is 6.10. The van der Waals surface area contributed by atoms with Gasteiger partial charge in [-0.05, 0) is 139 Å². The van der Waals surface area contributed by atoms with E-state index in [0.29, 0.717) is 67.6 Å². The van der Waals surface area contributed by atoms with Gasteiger partial charge in [0.05, 0.1) is 39.1 Å². The Morgan fingerprint density at radius 3 is 1.18 bits per heavy atom. The predicted octanol–water partition coefficient (Wildman–Crippen LogP) is 15.9. The first-order valence-corrected chi connectivity index (χ1v) is 24.9. The molecule has 0 aliphatic rings. The molecule has 0 aliphatic carbocycles. The minimum absolute atomic E-state index is 0.389. The highest BCUT2D eigenvalue weighted by atomic mass is 19.1. The molecule has 9 nitrogen and oxygen atoms in total. The van der Waals surface area contributed by atoms with Crippen LogP contribution >= 0.6 is 0 Å². The SMILES string of the molecule is Fc1ccc2c(c1)c1cc(F)ccc1n2-c1ccc(-c2cc(-c3ccc(-c4ccc(-c5nc(-c6ccc(-n7c8ccc(F)cc8c8cc(F)ccc87)cc6)nc(-c6ccccn6)n5)cc4)cn3)nc(-c3ccccc3)n2)cc1. The fraction of sp³-hybridized carbons (Fsp3) is 0. The molecule has 13 heteroatoms. The first-order valence-electron chi connectivity index (χ1n) is 24.9. The van der Waals surface area contributed by atoms with Crippen LogP contribution in [0.25, 0.3) is 134 Å². The van der Waals surface area contributed by atoms with Crippen LogP contribution in [0.1, 0.15) is 0 Å². The van der Waals surface area contributed by atoms with Crippen LogP contribution in [0.5, 0.6) is 0 Å². The second kappa shape index (κ2) is 18.7. The average molecular weight is 1020 g/mol. The summed E-state index contributed by atoms with van der Waals surface area (Å²) in [4.78, 5) is 34.2. The molecule has 0 unspecified atom stereocenters. The summed E-state index contributed by atoms with van der Waals surface area (Å²) in [7, 11) is 0. The number of nitrogens with zero attached hydrogens (tertiary/aromatic N) is 9. The van der Waals surface area contributed by atoms with Crippen molar-refractivity contribution in [3.05, 3.63) is 248 Å². The van der Waals surface area contributed by atoms with Crippen molar-refractivity contribution in [2.24, 2.45) is 0 Å². The summed E-state index contributed by atoms with van der Waals surface area (Å²) in [5.41, 5.74) is 12.2. The fourth-order valence-electron chi connectivity index (χ4n) is 10.2. The van der Waals surface area contributed by atoms with Gasteiger partial charge in [-0.2, -0.15) is 0 Å². The summed E-state index contributed by atoms with van der Waals surface area (Å²) in [5.74, 6) is 0.283. The second-order valence-corrected chi connectivity index (χ2v) is 18.8. The molecule has 0 fully saturated rings. The number of aromatic nitrogens is 9. The van der Waals surface area contributed by atoms with Crippen molar-refractivity contribution >= 4 is 43.6 Å². The Bertz CT molecular complexity index is 4210. The van der Waals surface area contributed by atoms with Crippen LogP contribution in [0.15, 0.2) is 225 Å². The Morgan fingerprint density at radius 1 is 0.269 bits per heavy atom. The zero-order valence-corrected chi connectivity index (χ0v) is 40.9. The molecule has 78 heavy (non-hydrogen) atoms. The van der Waals surface area contributed by atoms with Crippen molar-refractivity contribution in [3.8, 4) is 90.8 Å². The number of benzene rings is 8. The topological polar surface area (TPSA) is 100 Å². The normalized spacial score (nSPS) is 11.6. The number of rotatable bonds is 9. The van der Waals surface area contributed by atoms with Gasteiger partial charge in [-0.3, -0.25) is 9.97 Å². The van der Waals surface area contributed by atoms with Gasteiger partial charge >= 0.3 is 0 Å². The van der Waals surface area contributed by atoms with E-state index in [0.717, 1.165) is 66.8 Å². The Kier molecular flexibility index (Phi) is 11.0. The fourth-order valence-corrected chi connectivity index (χ4v) is 10.2. The zero-order chi connectivity index (χ0) is 52.4. The molecule has 14 rings (SSSR count). The molecule has 0 spiro atoms. The lowest BCUT2D eigenvalue weighted by atomic mass is 10.0. The van der Waals surface area contributed by atoms with E-state index in [1.807, 2.05) is 155 Å². The average Bonchev–Trinajstić information content (AvgIpc) is 3.99. The highest BCUT2D eigenvalue weighted by Gasteiger charge is 2.19. The van der Waals surface area contributed by atoms with Crippen LogP contribution < -0.4 is 0 Å². The molecule has 0 aliphatic heterocycles. The van der Waals surface area contributed by atoms with E-state index < -0.39 is 11.6 Å². The number of hydrogen-bond acceptors (Lipinski definition) is 7.